The molecule has 7 heteroatoms. The smallest absolute Gasteiger partial charge is 0.257 e. The highest BCUT2D eigenvalue weighted by Gasteiger charge is 2.33. The van der Waals surface area contributed by atoms with Gasteiger partial charge in [0.05, 0.1) is 30.7 Å². The summed E-state index contributed by atoms with van der Waals surface area (Å²) < 4.78 is 28.3. The Kier molecular flexibility index (Phi) is 3.88. The van der Waals surface area contributed by atoms with Crippen LogP contribution in [0.4, 0.5) is 0 Å². The Balaban J connectivity index is 1.81. The number of methoxy groups -OCH3 is 2. The van der Waals surface area contributed by atoms with E-state index in [0.29, 0.717) is 45.1 Å². The molecule has 2 aliphatic heterocycles. The average Bonchev–Trinajstić information content (AvgIpc) is 2.72. The summed E-state index contributed by atoms with van der Waals surface area (Å²) in [6, 6.07) is 6.66. The monoisotopic (exact) mass is 408 g/mol. The summed E-state index contributed by atoms with van der Waals surface area (Å²) in [5, 5.41) is 11.0. The predicted molar refractivity (Wildman–Crippen MR) is 110 cm³/mol. The third-order valence-electron chi connectivity index (χ3n) is 5.33. The van der Waals surface area contributed by atoms with Crippen LogP contribution in [0.15, 0.2) is 39.6 Å². The summed E-state index contributed by atoms with van der Waals surface area (Å²) in [6.45, 7) is 3.88. The number of fused-ring (bicyclic) bond motifs is 6. The maximum absolute atomic E-state index is 13.5. The van der Waals surface area contributed by atoms with Gasteiger partial charge in [-0.3, -0.25) is 4.79 Å². The van der Waals surface area contributed by atoms with Crippen LogP contribution in [0.2, 0.25) is 0 Å². The minimum Gasteiger partial charge on any atom is -0.493 e. The number of hydrogen-bond donors (Lipinski definition) is 1. The molecule has 0 bridgehead atoms. The van der Waals surface area contributed by atoms with Crippen molar-refractivity contribution in [1.82, 2.24) is 0 Å². The van der Waals surface area contributed by atoms with Crippen molar-refractivity contribution in [3.63, 3.8) is 0 Å². The highest BCUT2D eigenvalue weighted by Crippen LogP contribution is 2.47. The second kappa shape index (κ2) is 6.27. The van der Waals surface area contributed by atoms with Gasteiger partial charge in [0.25, 0.3) is 6.29 Å². The molecular formula is C23H20O7. The van der Waals surface area contributed by atoms with Crippen molar-refractivity contribution in [2.45, 2.75) is 25.7 Å². The normalized spacial score (nSPS) is 18.0. The Morgan fingerprint density at radius 3 is 2.53 bits per heavy atom. The zero-order valence-electron chi connectivity index (χ0n) is 16.9. The topological polar surface area (TPSA) is 87.4 Å². The fraction of sp³-hybridized carbons (Fsp3) is 0.261. The molecule has 0 saturated carbocycles. The lowest BCUT2D eigenvalue weighted by molar-refractivity contribution is -0.0377. The van der Waals surface area contributed by atoms with Gasteiger partial charge in [-0.2, -0.15) is 0 Å². The molecule has 0 aliphatic carbocycles. The van der Waals surface area contributed by atoms with Gasteiger partial charge in [-0.05, 0) is 44.2 Å². The zero-order valence-corrected chi connectivity index (χ0v) is 16.9. The lowest BCUT2D eigenvalue weighted by Crippen LogP contribution is -2.27. The highest BCUT2D eigenvalue weighted by atomic mass is 16.6. The largest absolute Gasteiger partial charge is 0.493 e. The molecule has 1 N–H and O–H groups in total. The third-order valence-corrected chi connectivity index (χ3v) is 5.33. The quantitative estimate of drug-likeness (QED) is 0.685. The molecule has 0 radical (unpaired) electrons. The Hall–Kier alpha value is -3.45. The van der Waals surface area contributed by atoms with Crippen molar-refractivity contribution < 1.29 is 28.5 Å². The van der Waals surface area contributed by atoms with Crippen LogP contribution in [0.25, 0.3) is 28.2 Å². The number of aliphatic hydroxyl groups is 1. The van der Waals surface area contributed by atoms with Gasteiger partial charge in [-0.15, -0.1) is 0 Å². The molecule has 154 valence electrons. The first-order valence-electron chi connectivity index (χ1n) is 9.46. The molecule has 0 unspecified atom stereocenters. The summed E-state index contributed by atoms with van der Waals surface area (Å²) in [5.74, 6) is 1.82. The van der Waals surface area contributed by atoms with Crippen molar-refractivity contribution in [2.75, 3.05) is 14.2 Å². The number of benzene rings is 2. The van der Waals surface area contributed by atoms with Crippen molar-refractivity contribution in [3.8, 4) is 34.1 Å². The molecule has 0 saturated heterocycles. The van der Waals surface area contributed by atoms with E-state index in [1.165, 1.54) is 14.2 Å². The first kappa shape index (κ1) is 18.6. The van der Waals surface area contributed by atoms with Crippen LogP contribution in [-0.2, 0) is 0 Å². The van der Waals surface area contributed by atoms with Crippen LogP contribution in [0.1, 0.15) is 31.5 Å². The van der Waals surface area contributed by atoms with E-state index in [1.54, 1.807) is 24.3 Å². The maximum Gasteiger partial charge on any atom is 0.257 e. The summed E-state index contributed by atoms with van der Waals surface area (Å²) in [7, 11) is 3.01. The molecule has 3 heterocycles. The number of hydrogen-bond acceptors (Lipinski definition) is 7. The van der Waals surface area contributed by atoms with Crippen LogP contribution < -0.4 is 24.4 Å². The van der Waals surface area contributed by atoms with E-state index in [2.05, 4.69) is 0 Å². The van der Waals surface area contributed by atoms with Gasteiger partial charge in [-0.25, -0.2) is 0 Å². The van der Waals surface area contributed by atoms with Gasteiger partial charge < -0.3 is 28.5 Å². The van der Waals surface area contributed by atoms with E-state index in [-0.39, 0.29) is 16.8 Å². The van der Waals surface area contributed by atoms with Crippen molar-refractivity contribution in [2.24, 2.45) is 0 Å². The zero-order chi connectivity index (χ0) is 21.2. The fourth-order valence-electron chi connectivity index (χ4n) is 3.88. The average molecular weight is 408 g/mol. The van der Waals surface area contributed by atoms with E-state index < -0.39 is 11.9 Å². The van der Waals surface area contributed by atoms with E-state index in [4.69, 9.17) is 23.4 Å². The second-order valence-electron chi connectivity index (χ2n) is 7.74. The SMILES string of the molecule is COc1cc2c(cc1OC)-c1c(oc3c4c(ccc3c1=O)OC(C)(C)C=C4)[C@H](O)O2. The molecule has 30 heavy (non-hydrogen) atoms. The van der Waals surface area contributed by atoms with E-state index in [9.17, 15) is 9.90 Å². The lowest BCUT2D eigenvalue weighted by Gasteiger charge is -2.29. The number of aliphatic hydroxyl groups excluding tert-OH is 1. The van der Waals surface area contributed by atoms with Crippen molar-refractivity contribution >= 4 is 17.0 Å². The van der Waals surface area contributed by atoms with Gasteiger partial charge in [-0.1, -0.05) is 0 Å². The molecule has 2 aromatic carbocycles. The van der Waals surface area contributed by atoms with Gasteiger partial charge in [0.2, 0.25) is 5.43 Å². The summed E-state index contributed by atoms with van der Waals surface area (Å²) >= 11 is 0. The van der Waals surface area contributed by atoms with Crippen LogP contribution in [-0.4, -0.2) is 24.9 Å². The third kappa shape index (κ3) is 2.59. The summed E-state index contributed by atoms with van der Waals surface area (Å²) in [6.07, 6.45) is 2.32. The van der Waals surface area contributed by atoms with Crippen molar-refractivity contribution in [1.29, 1.82) is 0 Å². The standard InChI is InChI=1S/C23H20O7/c1-23(2)8-7-11-14(30-23)6-5-12-19(24)18-13-9-16(26-3)17(27-4)10-15(13)28-22(25)21(18)29-20(11)12/h5-10,22,25H,1-4H3/t22-/m1/s1. The molecule has 0 fully saturated rings. The van der Waals surface area contributed by atoms with Crippen LogP contribution in [0, 0.1) is 0 Å². The first-order valence-corrected chi connectivity index (χ1v) is 9.46. The Bertz CT molecular complexity index is 1280. The molecule has 3 aromatic rings. The minimum atomic E-state index is -1.44. The molecular weight excluding hydrogens is 388 g/mol. The fourth-order valence-corrected chi connectivity index (χ4v) is 3.88. The number of rotatable bonds is 2. The van der Waals surface area contributed by atoms with E-state index in [1.807, 2.05) is 26.0 Å². The van der Waals surface area contributed by atoms with Gasteiger partial charge in [0, 0.05) is 11.6 Å². The van der Waals surface area contributed by atoms with Crippen LogP contribution >= 0.6 is 0 Å². The number of ether oxygens (including phenoxy) is 4. The molecule has 1 aromatic heterocycles. The molecule has 2 aliphatic rings. The maximum atomic E-state index is 13.5. The molecule has 1 atom stereocenters. The first-order chi connectivity index (χ1) is 14.3. The Labute approximate surface area is 172 Å². The van der Waals surface area contributed by atoms with Gasteiger partial charge in [0.15, 0.2) is 17.3 Å². The molecule has 7 nitrogen and oxygen atoms in total. The van der Waals surface area contributed by atoms with E-state index >= 15 is 0 Å². The van der Waals surface area contributed by atoms with Crippen molar-refractivity contribution in [3.05, 3.63) is 51.9 Å². The van der Waals surface area contributed by atoms with Gasteiger partial charge in [0.1, 0.15) is 22.7 Å². The predicted octanol–water partition coefficient (Wildman–Crippen LogP) is 4.04. The molecule has 0 spiro atoms. The highest BCUT2D eigenvalue weighted by molar-refractivity contribution is 5.93. The summed E-state index contributed by atoms with van der Waals surface area (Å²) in [4.78, 5) is 13.5. The van der Waals surface area contributed by atoms with Crippen LogP contribution in [0.5, 0.6) is 23.0 Å². The van der Waals surface area contributed by atoms with E-state index in [0.717, 1.165) is 0 Å². The van der Waals surface area contributed by atoms with Crippen LogP contribution in [0.3, 0.4) is 0 Å². The Morgan fingerprint density at radius 2 is 1.80 bits per heavy atom. The molecule has 0 amide bonds. The van der Waals surface area contributed by atoms with Gasteiger partial charge >= 0.3 is 0 Å². The lowest BCUT2D eigenvalue weighted by atomic mass is 9.96. The molecule has 5 rings (SSSR count). The minimum absolute atomic E-state index is 0.0406. The Morgan fingerprint density at radius 1 is 1.07 bits per heavy atom. The summed E-state index contributed by atoms with van der Waals surface area (Å²) in [5.41, 5.74) is 0.953. The second-order valence-corrected chi connectivity index (χ2v) is 7.74.